The van der Waals surface area contributed by atoms with Crippen LogP contribution in [-0.2, 0) is 14.3 Å². The average Bonchev–Trinajstić information content (AvgIpc) is 3.15. The Kier molecular flexibility index (Phi) is 7.75. The molecule has 0 radical (unpaired) electrons. The molecule has 2 amide bonds. The first-order valence-corrected chi connectivity index (χ1v) is 12.2. The summed E-state index contributed by atoms with van der Waals surface area (Å²) in [5.41, 5.74) is 2.37. The smallest absolute Gasteiger partial charge is 0.264 e. The molecule has 2 aromatic rings. The number of aliphatic imine (C=N–C) groups is 1. The van der Waals surface area contributed by atoms with Gasteiger partial charge in [-0.1, -0.05) is 23.7 Å². The normalized spacial score (nSPS) is 18.6. The van der Waals surface area contributed by atoms with Crippen LogP contribution >= 0.6 is 39.3 Å². The standard InChI is InChI=1S/C23H21BrClN3O4S/c1-14-17(25)3-2-4-18(14)26-23-27-22(30)20(33-23)12-15-5-6-19(16(24)11-15)32-13-21(29)28-7-9-31-10-8-28/h2-6,11-12H,7-10,13H2,1H3,(H,26,27,30)/b20-12-. The zero-order valence-electron chi connectivity index (χ0n) is 17.8. The lowest BCUT2D eigenvalue weighted by Gasteiger charge is -2.26. The number of ether oxygens (including phenoxy) is 2. The van der Waals surface area contributed by atoms with Gasteiger partial charge in [-0.2, -0.15) is 0 Å². The fourth-order valence-corrected chi connectivity index (χ4v) is 4.74. The Morgan fingerprint density at radius 3 is 2.88 bits per heavy atom. The number of rotatable bonds is 5. The number of amidine groups is 1. The number of nitrogens with one attached hydrogen (secondary N) is 1. The van der Waals surface area contributed by atoms with Gasteiger partial charge in [-0.15, -0.1) is 0 Å². The molecule has 10 heteroatoms. The molecule has 172 valence electrons. The van der Waals surface area contributed by atoms with Gasteiger partial charge in [-0.3, -0.25) is 9.59 Å². The van der Waals surface area contributed by atoms with Gasteiger partial charge in [-0.25, -0.2) is 4.99 Å². The first-order chi connectivity index (χ1) is 15.9. The zero-order chi connectivity index (χ0) is 23.4. The third-order valence-electron chi connectivity index (χ3n) is 5.08. The molecule has 4 rings (SSSR count). The van der Waals surface area contributed by atoms with Gasteiger partial charge >= 0.3 is 0 Å². The van der Waals surface area contributed by atoms with Crippen molar-refractivity contribution in [1.82, 2.24) is 10.2 Å². The third-order valence-corrected chi connectivity index (χ3v) is 7.02. The number of benzene rings is 2. The summed E-state index contributed by atoms with van der Waals surface area (Å²) in [6.07, 6.45) is 1.78. The van der Waals surface area contributed by atoms with Crippen LogP contribution in [0.4, 0.5) is 5.69 Å². The molecule has 0 saturated carbocycles. The minimum atomic E-state index is -0.217. The number of halogens is 2. The lowest BCUT2D eigenvalue weighted by atomic mass is 10.2. The van der Waals surface area contributed by atoms with Gasteiger partial charge in [0.25, 0.3) is 11.8 Å². The van der Waals surface area contributed by atoms with Crippen molar-refractivity contribution in [3.05, 3.63) is 61.9 Å². The molecule has 0 spiro atoms. The van der Waals surface area contributed by atoms with Gasteiger partial charge in [0.1, 0.15) is 5.75 Å². The van der Waals surface area contributed by atoms with Crippen LogP contribution in [0.5, 0.6) is 5.75 Å². The molecule has 1 N–H and O–H groups in total. The molecular formula is C23H21BrClN3O4S. The third kappa shape index (κ3) is 5.97. The summed E-state index contributed by atoms with van der Waals surface area (Å²) in [4.78, 5) is 31.5. The summed E-state index contributed by atoms with van der Waals surface area (Å²) in [6, 6.07) is 10.9. The van der Waals surface area contributed by atoms with Crippen molar-refractivity contribution in [3.63, 3.8) is 0 Å². The highest BCUT2D eigenvalue weighted by Gasteiger charge is 2.24. The zero-order valence-corrected chi connectivity index (χ0v) is 20.9. The van der Waals surface area contributed by atoms with E-state index in [1.165, 1.54) is 11.8 Å². The van der Waals surface area contributed by atoms with Gasteiger partial charge in [0, 0.05) is 18.1 Å². The van der Waals surface area contributed by atoms with E-state index in [1.807, 2.05) is 31.2 Å². The maximum Gasteiger partial charge on any atom is 0.264 e. The van der Waals surface area contributed by atoms with Crippen molar-refractivity contribution in [3.8, 4) is 5.75 Å². The Labute approximate surface area is 209 Å². The quantitative estimate of drug-likeness (QED) is 0.553. The van der Waals surface area contributed by atoms with Crippen molar-refractivity contribution in [1.29, 1.82) is 0 Å². The van der Waals surface area contributed by atoms with Gasteiger partial charge in [0.05, 0.1) is 28.3 Å². The maximum absolute atomic E-state index is 12.4. The first kappa shape index (κ1) is 23.8. The number of thioether (sulfide) groups is 1. The monoisotopic (exact) mass is 549 g/mol. The van der Waals surface area contributed by atoms with E-state index in [4.69, 9.17) is 21.1 Å². The summed E-state index contributed by atoms with van der Waals surface area (Å²) in [5.74, 6) is 0.268. The van der Waals surface area contributed by atoms with Crippen LogP contribution in [-0.4, -0.2) is 54.8 Å². The van der Waals surface area contributed by atoms with Crippen LogP contribution in [0.2, 0.25) is 5.02 Å². The van der Waals surface area contributed by atoms with Crippen LogP contribution in [0.1, 0.15) is 11.1 Å². The molecule has 2 aliphatic rings. The van der Waals surface area contributed by atoms with E-state index in [-0.39, 0.29) is 18.4 Å². The lowest BCUT2D eigenvalue weighted by molar-refractivity contribution is -0.137. The minimum absolute atomic E-state index is 0.0416. The van der Waals surface area contributed by atoms with Crippen molar-refractivity contribution in [2.75, 3.05) is 32.9 Å². The molecule has 0 unspecified atom stereocenters. The van der Waals surface area contributed by atoms with Crippen molar-refractivity contribution in [2.24, 2.45) is 4.99 Å². The van der Waals surface area contributed by atoms with E-state index in [0.717, 1.165) is 11.1 Å². The number of carbonyl (C=O) groups is 2. The van der Waals surface area contributed by atoms with Crippen LogP contribution in [0.25, 0.3) is 6.08 Å². The Morgan fingerprint density at radius 1 is 1.33 bits per heavy atom. The predicted octanol–water partition coefficient (Wildman–Crippen LogP) is 4.54. The molecule has 33 heavy (non-hydrogen) atoms. The highest BCUT2D eigenvalue weighted by Crippen LogP contribution is 2.32. The van der Waals surface area contributed by atoms with E-state index in [2.05, 4.69) is 26.2 Å². The fourth-order valence-electron chi connectivity index (χ4n) is 3.23. The van der Waals surface area contributed by atoms with E-state index in [9.17, 15) is 9.59 Å². The molecule has 7 nitrogen and oxygen atoms in total. The molecule has 2 aliphatic heterocycles. The fraction of sp³-hybridized carbons (Fsp3) is 0.261. The van der Waals surface area contributed by atoms with E-state index in [1.54, 1.807) is 23.1 Å². The van der Waals surface area contributed by atoms with Crippen LogP contribution in [0.3, 0.4) is 0 Å². The summed E-state index contributed by atoms with van der Waals surface area (Å²) >= 11 is 10.9. The highest BCUT2D eigenvalue weighted by atomic mass is 79.9. The molecular weight excluding hydrogens is 530 g/mol. The second-order valence-corrected chi connectivity index (χ2v) is 9.63. The lowest BCUT2D eigenvalue weighted by Crippen LogP contribution is -2.43. The topological polar surface area (TPSA) is 80.2 Å². The predicted molar refractivity (Wildman–Crippen MR) is 134 cm³/mol. The van der Waals surface area contributed by atoms with Crippen LogP contribution in [0, 0.1) is 6.92 Å². The molecule has 0 bridgehead atoms. The number of hydrogen-bond donors (Lipinski definition) is 1. The highest BCUT2D eigenvalue weighted by molar-refractivity contribution is 9.10. The van der Waals surface area contributed by atoms with Gasteiger partial charge in [0.2, 0.25) is 0 Å². The second kappa shape index (κ2) is 10.7. The number of morpholine rings is 1. The van der Waals surface area contributed by atoms with Crippen molar-refractivity contribution in [2.45, 2.75) is 6.92 Å². The average molecular weight is 551 g/mol. The second-order valence-electron chi connectivity index (χ2n) is 7.34. The summed E-state index contributed by atoms with van der Waals surface area (Å²) in [5, 5.41) is 3.91. The summed E-state index contributed by atoms with van der Waals surface area (Å²) in [6.45, 7) is 4.11. The van der Waals surface area contributed by atoms with Crippen molar-refractivity contribution < 1.29 is 19.1 Å². The van der Waals surface area contributed by atoms with Gasteiger partial charge < -0.3 is 19.7 Å². The Hall–Kier alpha value is -2.33. The molecule has 2 heterocycles. The number of carbonyl (C=O) groups excluding carboxylic acids is 2. The Morgan fingerprint density at radius 2 is 2.12 bits per heavy atom. The summed E-state index contributed by atoms with van der Waals surface area (Å²) in [7, 11) is 0. The van der Waals surface area contributed by atoms with Gasteiger partial charge in [-0.05, 0) is 76.1 Å². The van der Waals surface area contributed by atoms with Crippen LogP contribution in [0.15, 0.2) is 50.8 Å². The SMILES string of the molecule is Cc1c(Cl)cccc1N=C1NC(=O)/C(=C/c2ccc(OCC(=O)N3CCOCC3)c(Br)c2)S1. The maximum atomic E-state index is 12.4. The first-order valence-electron chi connectivity index (χ1n) is 10.2. The molecule has 0 aromatic heterocycles. The Bertz CT molecular complexity index is 1150. The van der Waals surface area contributed by atoms with Crippen LogP contribution < -0.4 is 10.1 Å². The summed E-state index contributed by atoms with van der Waals surface area (Å²) < 4.78 is 11.6. The molecule has 2 fully saturated rings. The number of amides is 2. The van der Waals surface area contributed by atoms with Gasteiger partial charge in [0.15, 0.2) is 11.8 Å². The molecule has 2 aromatic carbocycles. The number of hydrogen-bond acceptors (Lipinski definition) is 6. The number of nitrogens with zero attached hydrogens (tertiary/aromatic N) is 2. The largest absolute Gasteiger partial charge is 0.483 e. The van der Waals surface area contributed by atoms with E-state index in [0.29, 0.717) is 57.3 Å². The van der Waals surface area contributed by atoms with E-state index < -0.39 is 0 Å². The van der Waals surface area contributed by atoms with E-state index >= 15 is 0 Å². The van der Waals surface area contributed by atoms with Crippen molar-refractivity contribution >= 4 is 68.0 Å². The molecule has 0 atom stereocenters. The minimum Gasteiger partial charge on any atom is -0.483 e. The Balaban J connectivity index is 1.42. The molecule has 0 aliphatic carbocycles. The molecule has 2 saturated heterocycles.